The van der Waals surface area contributed by atoms with Crippen molar-refractivity contribution in [3.8, 4) is 5.75 Å². The number of ether oxygens (including phenoxy) is 1. The van der Waals surface area contributed by atoms with Crippen LogP contribution in [0.25, 0.3) is 0 Å². The molecule has 2 aromatic rings. The van der Waals surface area contributed by atoms with Crippen LogP contribution in [0.3, 0.4) is 0 Å². The van der Waals surface area contributed by atoms with E-state index in [-0.39, 0.29) is 5.82 Å². The Balaban J connectivity index is 2.26. The molecular weight excluding hydrogens is 329 g/mol. The summed E-state index contributed by atoms with van der Waals surface area (Å²) < 4.78 is 18.9. The predicted octanol–water partition coefficient (Wildman–Crippen LogP) is 4.38. The van der Waals surface area contributed by atoms with Gasteiger partial charge in [-0.1, -0.05) is 24.4 Å². The summed E-state index contributed by atoms with van der Waals surface area (Å²) in [4.78, 5) is 0.518. The van der Waals surface area contributed by atoms with E-state index >= 15 is 0 Å². The van der Waals surface area contributed by atoms with E-state index in [2.05, 4.69) is 21.2 Å². The number of hydrogen-bond acceptors (Lipinski definition) is 2. The molecule has 98 valence electrons. The van der Waals surface area contributed by atoms with Gasteiger partial charge in [0.25, 0.3) is 0 Å². The number of halogens is 2. The van der Waals surface area contributed by atoms with Gasteiger partial charge in [-0.05, 0) is 46.3 Å². The van der Waals surface area contributed by atoms with E-state index in [9.17, 15) is 4.39 Å². The Bertz CT molecular complexity index is 618. The zero-order chi connectivity index (χ0) is 13.8. The van der Waals surface area contributed by atoms with Gasteiger partial charge in [0.1, 0.15) is 16.6 Å². The Morgan fingerprint density at radius 1 is 1.26 bits per heavy atom. The van der Waals surface area contributed by atoms with Crippen LogP contribution in [0.5, 0.6) is 5.75 Å². The predicted molar refractivity (Wildman–Crippen MR) is 82.4 cm³/mol. The van der Waals surface area contributed by atoms with Gasteiger partial charge >= 0.3 is 0 Å². The third kappa shape index (κ3) is 3.30. The van der Waals surface area contributed by atoms with Crippen LogP contribution in [0, 0.1) is 5.82 Å². The quantitative estimate of drug-likeness (QED) is 0.838. The molecule has 2 rings (SSSR count). The largest absolute Gasteiger partial charge is 0.496 e. The Hall–Kier alpha value is -1.46. The van der Waals surface area contributed by atoms with Crippen molar-refractivity contribution in [3.63, 3.8) is 0 Å². The summed E-state index contributed by atoms with van der Waals surface area (Å²) in [7, 11) is 1.59. The zero-order valence-electron chi connectivity index (χ0n) is 10.1. The first kappa shape index (κ1) is 14.0. The van der Waals surface area contributed by atoms with E-state index in [1.54, 1.807) is 13.2 Å². The fraction of sp³-hybridized carbons (Fsp3) is 0.0714. The fourth-order valence-electron chi connectivity index (χ4n) is 1.61. The molecule has 0 aliphatic carbocycles. The number of hydrogen-bond donors (Lipinski definition) is 1. The number of rotatable bonds is 3. The lowest BCUT2D eigenvalue weighted by Crippen LogP contribution is -2.12. The molecule has 0 aliphatic heterocycles. The monoisotopic (exact) mass is 339 g/mol. The summed E-state index contributed by atoms with van der Waals surface area (Å²) in [5.41, 5.74) is 1.49. The normalized spacial score (nSPS) is 10.1. The van der Waals surface area contributed by atoms with Crippen LogP contribution in [0.15, 0.2) is 46.9 Å². The number of para-hydroxylation sites is 1. The van der Waals surface area contributed by atoms with Crippen molar-refractivity contribution in [1.29, 1.82) is 0 Å². The molecule has 0 amide bonds. The van der Waals surface area contributed by atoms with Gasteiger partial charge in [0, 0.05) is 4.47 Å². The van der Waals surface area contributed by atoms with Crippen molar-refractivity contribution < 1.29 is 9.13 Å². The number of anilines is 1. The van der Waals surface area contributed by atoms with Crippen LogP contribution in [-0.4, -0.2) is 12.1 Å². The second-order valence-electron chi connectivity index (χ2n) is 3.78. The van der Waals surface area contributed by atoms with Crippen molar-refractivity contribution in [3.05, 3.63) is 58.3 Å². The molecule has 0 saturated carbocycles. The molecule has 0 spiro atoms. The maximum atomic E-state index is 13.0. The summed E-state index contributed by atoms with van der Waals surface area (Å²) >= 11 is 8.63. The molecule has 5 heteroatoms. The maximum Gasteiger partial charge on any atom is 0.129 e. The topological polar surface area (TPSA) is 21.3 Å². The van der Waals surface area contributed by atoms with Gasteiger partial charge in [-0.2, -0.15) is 0 Å². The molecule has 2 nitrogen and oxygen atoms in total. The van der Waals surface area contributed by atoms with Crippen molar-refractivity contribution in [1.82, 2.24) is 0 Å². The number of nitrogens with one attached hydrogen (secondary N) is 1. The molecule has 0 saturated heterocycles. The third-order valence-electron chi connectivity index (χ3n) is 2.53. The Labute approximate surface area is 124 Å². The first-order valence-corrected chi connectivity index (χ1v) is 6.71. The molecule has 0 unspecified atom stereocenters. The maximum absolute atomic E-state index is 13.0. The average molecular weight is 340 g/mol. The van der Waals surface area contributed by atoms with E-state index in [4.69, 9.17) is 17.0 Å². The average Bonchev–Trinajstić information content (AvgIpc) is 2.41. The molecule has 2 aromatic carbocycles. The molecule has 0 fully saturated rings. The van der Waals surface area contributed by atoms with Gasteiger partial charge in [0.2, 0.25) is 0 Å². The Kier molecular flexibility index (Phi) is 4.50. The highest BCUT2D eigenvalue weighted by Gasteiger charge is 2.09. The van der Waals surface area contributed by atoms with Crippen LogP contribution in [0.4, 0.5) is 10.1 Å². The molecule has 0 radical (unpaired) electrons. The molecule has 0 atom stereocenters. The summed E-state index contributed by atoms with van der Waals surface area (Å²) in [5, 5.41) is 3.07. The van der Waals surface area contributed by atoms with Gasteiger partial charge in [0.15, 0.2) is 0 Å². The number of thiocarbonyl (C=S) groups is 1. The Morgan fingerprint density at radius 2 is 2.00 bits per heavy atom. The minimum atomic E-state index is -0.305. The molecular formula is C14H11BrFNOS. The summed E-state index contributed by atoms with van der Waals surface area (Å²) in [6.07, 6.45) is 0. The molecule has 0 bridgehead atoms. The molecule has 0 aromatic heterocycles. The van der Waals surface area contributed by atoms with Gasteiger partial charge in [-0.3, -0.25) is 0 Å². The van der Waals surface area contributed by atoms with Gasteiger partial charge < -0.3 is 10.1 Å². The summed E-state index contributed by atoms with van der Waals surface area (Å²) in [6.45, 7) is 0. The smallest absolute Gasteiger partial charge is 0.129 e. The Morgan fingerprint density at radius 3 is 2.68 bits per heavy atom. The SMILES string of the molecule is COc1ccccc1C(=S)Nc1ccc(F)cc1Br. The minimum absolute atomic E-state index is 0.305. The van der Waals surface area contributed by atoms with Crippen LogP contribution in [-0.2, 0) is 0 Å². The van der Waals surface area contributed by atoms with Crippen molar-refractivity contribution in [2.24, 2.45) is 0 Å². The molecule has 19 heavy (non-hydrogen) atoms. The standard InChI is InChI=1S/C14H11BrFNOS/c1-18-13-5-3-2-4-10(13)14(19)17-12-7-6-9(16)8-11(12)15/h2-8H,1H3,(H,17,19). The molecule has 1 N–H and O–H groups in total. The van der Waals surface area contributed by atoms with E-state index < -0.39 is 0 Å². The molecule has 0 aliphatic rings. The van der Waals surface area contributed by atoms with Crippen molar-refractivity contribution in [2.75, 3.05) is 12.4 Å². The van der Waals surface area contributed by atoms with Crippen molar-refractivity contribution in [2.45, 2.75) is 0 Å². The lowest BCUT2D eigenvalue weighted by atomic mass is 10.2. The van der Waals surface area contributed by atoms with Crippen molar-refractivity contribution >= 4 is 38.8 Å². The highest BCUT2D eigenvalue weighted by atomic mass is 79.9. The van der Waals surface area contributed by atoms with Crippen LogP contribution < -0.4 is 10.1 Å². The second-order valence-corrected chi connectivity index (χ2v) is 5.04. The lowest BCUT2D eigenvalue weighted by Gasteiger charge is -2.12. The summed E-state index contributed by atoms with van der Waals surface area (Å²) in [5.74, 6) is 0.388. The van der Waals surface area contributed by atoms with Crippen LogP contribution in [0.2, 0.25) is 0 Å². The lowest BCUT2D eigenvalue weighted by molar-refractivity contribution is 0.414. The third-order valence-corrected chi connectivity index (χ3v) is 3.51. The highest BCUT2D eigenvalue weighted by molar-refractivity contribution is 9.10. The van der Waals surface area contributed by atoms with E-state index in [1.165, 1.54) is 12.1 Å². The van der Waals surface area contributed by atoms with Gasteiger partial charge in [-0.15, -0.1) is 0 Å². The van der Waals surface area contributed by atoms with E-state index in [1.807, 2.05) is 24.3 Å². The van der Waals surface area contributed by atoms with Gasteiger partial charge in [0.05, 0.1) is 18.4 Å². The van der Waals surface area contributed by atoms with Crippen LogP contribution >= 0.6 is 28.1 Å². The van der Waals surface area contributed by atoms with E-state index in [0.717, 1.165) is 5.56 Å². The first-order chi connectivity index (χ1) is 9.11. The van der Waals surface area contributed by atoms with Gasteiger partial charge in [-0.25, -0.2) is 4.39 Å². The van der Waals surface area contributed by atoms with E-state index in [0.29, 0.717) is 20.9 Å². The number of benzene rings is 2. The molecule has 0 heterocycles. The minimum Gasteiger partial charge on any atom is -0.496 e. The van der Waals surface area contributed by atoms with Crippen LogP contribution in [0.1, 0.15) is 5.56 Å². The highest BCUT2D eigenvalue weighted by Crippen LogP contribution is 2.25. The first-order valence-electron chi connectivity index (χ1n) is 5.51. The fourth-order valence-corrected chi connectivity index (χ4v) is 2.34. The number of methoxy groups -OCH3 is 1. The summed E-state index contributed by atoms with van der Waals surface area (Å²) in [6, 6.07) is 11.8. The zero-order valence-corrected chi connectivity index (χ0v) is 12.5. The second kappa shape index (κ2) is 6.12.